The average molecular weight is 290 g/mol. The Labute approximate surface area is 127 Å². The predicted molar refractivity (Wildman–Crippen MR) is 86.1 cm³/mol. The highest BCUT2D eigenvalue weighted by Crippen LogP contribution is 2.19. The Hall–Kier alpha value is -1.84. The number of aryl methyl sites for hydroxylation is 1. The van der Waals surface area contributed by atoms with Gasteiger partial charge in [0.1, 0.15) is 5.41 Å². The van der Waals surface area contributed by atoms with Crippen molar-refractivity contribution in [1.82, 2.24) is 5.32 Å². The largest absolute Gasteiger partial charge is 0.355 e. The van der Waals surface area contributed by atoms with Gasteiger partial charge in [-0.05, 0) is 45.2 Å². The second-order valence-corrected chi connectivity index (χ2v) is 6.38. The van der Waals surface area contributed by atoms with E-state index in [1.54, 1.807) is 13.8 Å². The van der Waals surface area contributed by atoms with Crippen LogP contribution in [0.1, 0.15) is 39.7 Å². The molecule has 116 valence electrons. The summed E-state index contributed by atoms with van der Waals surface area (Å²) >= 11 is 0. The molecule has 0 aliphatic rings. The second kappa shape index (κ2) is 7.25. The lowest BCUT2D eigenvalue weighted by Gasteiger charge is -2.23. The average Bonchev–Trinajstić information content (AvgIpc) is 2.40. The predicted octanol–water partition coefficient (Wildman–Crippen LogP) is 3.12. The van der Waals surface area contributed by atoms with Crippen molar-refractivity contribution in [2.45, 2.75) is 41.0 Å². The van der Waals surface area contributed by atoms with Crippen LogP contribution in [0, 0.1) is 18.3 Å². The molecule has 0 saturated carbocycles. The summed E-state index contributed by atoms with van der Waals surface area (Å²) in [6, 6.07) is 7.51. The van der Waals surface area contributed by atoms with Gasteiger partial charge in [-0.1, -0.05) is 31.5 Å². The van der Waals surface area contributed by atoms with Gasteiger partial charge in [-0.2, -0.15) is 0 Å². The lowest BCUT2D eigenvalue weighted by atomic mass is 9.90. The lowest BCUT2D eigenvalue weighted by Crippen LogP contribution is -2.45. The third-order valence-corrected chi connectivity index (χ3v) is 3.45. The number of anilines is 1. The summed E-state index contributed by atoms with van der Waals surface area (Å²) in [5.41, 5.74) is 0.731. The maximum Gasteiger partial charge on any atom is 0.239 e. The van der Waals surface area contributed by atoms with E-state index in [0.29, 0.717) is 18.2 Å². The van der Waals surface area contributed by atoms with Gasteiger partial charge in [-0.15, -0.1) is 0 Å². The summed E-state index contributed by atoms with van der Waals surface area (Å²) in [5, 5.41) is 5.62. The topological polar surface area (TPSA) is 58.2 Å². The fourth-order valence-electron chi connectivity index (χ4n) is 1.72. The van der Waals surface area contributed by atoms with E-state index in [-0.39, 0.29) is 11.8 Å². The highest BCUT2D eigenvalue weighted by atomic mass is 16.2. The van der Waals surface area contributed by atoms with Crippen molar-refractivity contribution >= 4 is 17.5 Å². The van der Waals surface area contributed by atoms with Gasteiger partial charge in [0, 0.05) is 12.2 Å². The molecule has 0 bridgehead atoms. The maximum absolute atomic E-state index is 12.3. The van der Waals surface area contributed by atoms with Crippen molar-refractivity contribution in [2.24, 2.45) is 11.3 Å². The number of nitrogens with one attached hydrogen (secondary N) is 2. The maximum atomic E-state index is 12.3. The molecule has 2 N–H and O–H groups in total. The Kier molecular flexibility index (Phi) is 5.94. The van der Waals surface area contributed by atoms with Crippen molar-refractivity contribution < 1.29 is 9.59 Å². The van der Waals surface area contributed by atoms with Crippen LogP contribution in [-0.4, -0.2) is 18.4 Å². The molecule has 1 aromatic rings. The quantitative estimate of drug-likeness (QED) is 0.791. The van der Waals surface area contributed by atoms with E-state index < -0.39 is 5.41 Å². The third-order valence-electron chi connectivity index (χ3n) is 3.45. The molecule has 0 unspecified atom stereocenters. The van der Waals surface area contributed by atoms with E-state index in [9.17, 15) is 9.59 Å². The summed E-state index contributed by atoms with van der Waals surface area (Å²) in [6.07, 6.45) is 0.904. The first kappa shape index (κ1) is 17.2. The van der Waals surface area contributed by atoms with Crippen LogP contribution in [0.25, 0.3) is 0 Å². The van der Waals surface area contributed by atoms with Crippen LogP contribution in [0.3, 0.4) is 0 Å². The molecule has 0 radical (unpaired) electrons. The molecular formula is C17H26N2O2. The highest BCUT2D eigenvalue weighted by molar-refractivity contribution is 6.09. The zero-order chi connectivity index (χ0) is 16.0. The second-order valence-electron chi connectivity index (χ2n) is 6.38. The summed E-state index contributed by atoms with van der Waals surface area (Å²) in [6.45, 7) is 10.1. The minimum Gasteiger partial charge on any atom is -0.355 e. The normalized spacial score (nSPS) is 11.3. The van der Waals surface area contributed by atoms with Crippen LogP contribution in [0.5, 0.6) is 0 Å². The van der Waals surface area contributed by atoms with Crippen molar-refractivity contribution in [3.63, 3.8) is 0 Å². The summed E-state index contributed by atoms with van der Waals surface area (Å²) in [5.74, 6) is -0.0176. The molecule has 1 aromatic carbocycles. The van der Waals surface area contributed by atoms with E-state index in [2.05, 4.69) is 24.5 Å². The first-order valence-corrected chi connectivity index (χ1v) is 7.40. The van der Waals surface area contributed by atoms with Crippen molar-refractivity contribution in [2.75, 3.05) is 11.9 Å². The molecule has 0 aliphatic carbocycles. The minimum atomic E-state index is -1.10. The van der Waals surface area contributed by atoms with E-state index in [1.807, 2.05) is 31.2 Å². The number of carbonyl (C=O) groups excluding carboxylic acids is 2. The number of rotatable bonds is 6. The zero-order valence-corrected chi connectivity index (χ0v) is 13.6. The fraction of sp³-hybridized carbons (Fsp3) is 0.529. The Morgan fingerprint density at radius 2 is 1.67 bits per heavy atom. The number of carbonyl (C=O) groups is 2. The SMILES string of the molecule is Cc1ccc(NC(=O)C(C)(C)C(=O)NCCC(C)C)cc1. The molecule has 1 rings (SSSR count). The summed E-state index contributed by atoms with van der Waals surface area (Å²) in [4.78, 5) is 24.4. The van der Waals surface area contributed by atoms with E-state index in [0.717, 1.165) is 12.0 Å². The standard InChI is InChI=1S/C17H26N2O2/c1-12(2)10-11-18-15(20)17(4,5)16(21)19-14-8-6-13(3)7-9-14/h6-9,12H,10-11H2,1-5H3,(H,18,20)(H,19,21). The Bertz CT molecular complexity index is 490. The lowest BCUT2D eigenvalue weighted by molar-refractivity contribution is -0.138. The molecule has 2 amide bonds. The molecule has 21 heavy (non-hydrogen) atoms. The third kappa shape index (κ3) is 5.21. The van der Waals surface area contributed by atoms with Gasteiger partial charge in [-0.3, -0.25) is 9.59 Å². The molecule has 0 saturated heterocycles. The van der Waals surface area contributed by atoms with E-state index in [1.165, 1.54) is 0 Å². The van der Waals surface area contributed by atoms with Gasteiger partial charge in [0.25, 0.3) is 0 Å². The molecule has 4 nitrogen and oxygen atoms in total. The van der Waals surface area contributed by atoms with Crippen molar-refractivity contribution in [3.05, 3.63) is 29.8 Å². The van der Waals surface area contributed by atoms with Crippen LogP contribution >= 0.6 is 0 Å². The molecule has 0 atom stereocenters. The van der Waals surface area contributed by atoms with E-state index >= 15 is 0 Å². The van der Waals surface area contributed by atoms with Crippen LogP contribution in [0.2, 0.25) is 0 Å². The fourth-order valence-corrected chi connectivity index (χ4v) is 1.72. The molecule has 0 fully saturated rings. The number of amides is 2. The van der Waals surface area contributed by atoms with Gasteiger partial charge in [0.2, 0.25) is 11.8 Å². The van der Waals surface area contributed by atoms with Gasteiger partial charge < -0.3 is 10.6 Å². The molecule has 0 aliphatic heterocycles. The molecule has 0 spiro atoms. The van der Waals surface area contributed by atoms with Gasteiger partial charge in [0.15, 0.2) is 0 Å². The summed E-state index contributed by atoms with van der Waals surface area (Å²) < 4.78 is 0. The van der Waals surface area contributed by atoms with Crippen LogP contribution in [-0.2, 0) is 9.59 Å². The molecule has 0 aromatic heterocycles. The first-order chi connectivity index (χ1) is 9.73. The number of benzene rings is 1. The molecule has 4 heteroatoms. The molecule has 0 heterocycles. The van der Waals surface area contributed by atoms with Crippen molar-refractivity contribution in [1.29, 1.82) is 0 Å². The van der Waals surface area contributed by atoms with Gasteiger partial charge >= 0.3 is 0 Å². The van der Waals surface area contributed by atoms with Crippen LogP contribution in [0.15, 0.2) is 24.3 Å². The van der Waals surface area contributed by atoms with E-state index in [4.69, 9.17) is 0 Å². The highest BCUT2D eigenvalue weighted by Gasteiger charge is 2.35. The monoisotopic (exact) mass is 290 g/mol. The number of hydrogen-bond donors (Lipinski definition) is 2. The van der Waals surface area contributed by atoms with Crippen molar-refractivity contribution in [3.8, 4) is 0 Å². The van der Waals surface area contributed by atoms with Crippen LogP contribution in [0.4, 0.5) is 5.69 Å². The zero-order valence-electron chi connectivity index (χ0n) is 13.6. The minimum absolute atomic E-state index is 0.243. The smallest absolute Gasteiger partial charge is 0.239 e. The Morgan fingerprint density at radius 1 is 1.10 bits per heavy atom. The Balaban J connectivity index is 2.61. The van der Waals surface area contributed by atoms with Gasteiger partial charge in [-0.25, -0.2) is 0 Å². The van der Waals surface area contributed by atoms with Crippen LogP contribution < -0.4 is 10.6 Å². The first-order valence-electron chi connectivity index (χ1n) is 7.40. The van der Waals surface area contributed by atoms with Gasteiger partial charge in [0.05, 0.1) is 0 Å². The summed E-state index contributed by atoms with van der Waals surface area (Å²) in [7, 11) is 0. The molecular weight excluding hydrogens is 264 g/mol. The number of hydrogen-bond acceptors (Lipinski definition) is 2. The Morgan fingerprint density at radius 3 is 2.19 bits per heavy atom.